The summed E-state index contributed by atoms with van der Waals surface area (Å²) in [6.45, 7) is 0. The minimum atomic E-state index is -0.00999. The maximum absolute atomic E-state index is 12.2. The smallest absolute Gasteiger partial charge is 0.227 e. The first-order valence-electron chi connectivity index (χ1n) is 6.95. The molecule has 1 N–H and O–H groups in total. The van der Waals surface area contributed by atoms with Gasteiger partial charge in [0.05, 0.1) is 11.0 Å². The van der Waals surface area contributed by atoms with Crippen molar-refractivity contribution in [3.8, 4) is 0 Å². The van der Waals surface area contributed by atoms with Crippen molar-refractivity contribution in [2.24, 2.45) is 0 Å². The molecule has 1 heterocycles. The van der Waals surface area contributed by atoms with E-state index < -0.39 is 0 Å². The van der Waals surface area contributed by atoms with Gasteiger partial charge in [-0.1, -0.05) is 54.6 Å². The Morgan fingerprint density at radius 1 is 0.909 bits per heavy atom. The second-order valence-corrected chi connectivity index (χ2v) is 5.98. The van der Waals surface area contributed by atoms with Gasteiger partial charge in [0.25, 0.3) is 0 Å². The average Bonchev–Trinajstić information content (AvgIpc) is 2.94. The van der Waals surface area contributed by atoms with Gasteiger partial charge in [-0.2, -0.15) is 0 Å². The van der Waals surface area contributed by atoms with Gasteiger partial charge in [0.15, 0.2) is 5.16 Å². The molecule has 3 aromatic carbocycles. The van der Waals surface area contributed by atoms with E-state index in [-0.39, 0.29) is 5.12 Å². The number of rotatable bonds is 2. The van der Waals surface area contributed by atoms with Crippen LogP contribution in [0.1, 0.15) is 10.4 Å². The van der Waals surface area contributed by atoms with Gasteiger partial charge in [-0.15, -0.1) is 0 Å². The Bertz CT molecular complexity index is 924. The molecule has 0 aliphatic heterocycles. The Morgan fingerprint density at radius 2 is 1.59 bits per heavy atom. The summed E-state index contributed by atoms with van der Waals surface area (Å²) in [7, 11) is 0. The van der Waals surface area contributed by atoms with E-state index in [4.69, 9.17) is 0 Å². The van der Waals surface area contributed by atoms with Crippen molar-refractivity contribution in [2.45, 2.75) is 5.16 Å². The zero-order chi connectivity index (χ0) is 14.9. The molecule has 0 spiro atoms. The summed E-state index contributed by atoms with van der Waals surface area (Å²) in [6, 6.07) is 21.5. The molecule has 3 nitrogen and oxygen atoms in total. The maximum atomic E-state index is 12.2. The van der Waals surface area contributed by atoms with Crippen LogP contribution in [-0.2, 0) is 0 Å². The second-order valence-electron chi connectivity index (χ2n) is 5.01. The fraction of sp³-hybridized carbons (Fsp3) is 0. The number of hydrogen-bond acceptors (Lipinski definition) is 3. The Hall–Kier alpha value is -2.59. The quantitative estimate of drug-likeness (QED) is 0.548. The molecule has 0 unspecified atom stereocenters. The molecule has 0 amide bonds. The lowest BCUT2D eigenvalue weighted by Crippen LogP contribution is -1.92. The van der Waals surface area contributed by atoms with E-state index in [1.807, 2.05) is 48.5 Å². The molecule has 0 saturated carbocycles. The topological polar surface area (TPSA) is 45.8 Å². The third-order valence-electron chi connectivity index (χ3n) is 3.53. The Morgan fingerprint density at radius 3 is 2.36 bits per heavy atom. The van der Waals surface area contributed by atoms with E-state index >= 15 is 0 Å². The third-order valence-corrected chi connectivity index (χ3v) is 4.33. The summed E-state index contributed by atoms with van der Waals surface area (Å²) < 4.78 is 0. The molecule has 4 aromatic rings. The number of hydrogen-bond donors (Lipinski definition) is 1. The first-order chi connectivity index (χ1) is 10.8. The molecule has 1 aromatic heterocycles. The van der Waals surface area contributed by atoms with Crippen molar-refractivity contribution in [3.63, 3.8) is 0 Å². The van der Waals surface area contributed by atoms with Crippen molar-refractivity contribution in [1.29, 1.82) is 0 Å². The SMILES string of the molecule is O=C(Sc1nc2cc3ccccc3cc2[nH]1)c1ccccc1. The largest absolute Gasteiger partial charge is 0.333 e. The number of carbonyl (C=O) groups is 1. The summed E-state index contributed by atoms with van der Waals surface area (Å²) in [5, 5.41) is 2.92. The minimum absolute atomic E-state index is 0.00999. The number of fused-ring (bicyclic) bond motifs is 2. The number of H-pyrrole nitrogens is 1. The molecule has 0 saturated heterocycles. The van der Waals surface area contributed by atoms with Crippen LogP contribution in [0.15, 0.2) is 71.9 Å². The predicted molar refractivity (Wildman–Crippen MR) is 90.2 cm³/mol. The Balaban J connectivity index is 1.70. The lowest BCUT2D eigenvalue weighted by Gasteiger charge is -1.96. The van der Waals surface area contributed by atoms with E-state index in [1.54, 1.807) is 0 Å². The molecule has 0 aliphatic carbocycles. The molecule has 22 heavy (non-hydrogen) atoms. The first-order valence-corrected chi connectivity index (χ1v) is 7.77. The summed E-state index contributed by atoms with van der Waals surface area (Å²) in [5.41, 5.74) is 2.50. The number of benzene rings is 3. The van der Waals surface area contributed by atoms with Gasteiger partial charge >= 0.3 is 0 Å². The van der Waals surface area contributed by atoms with Crippen molar-refractivity contribution in [3.05, 3.63) is 72.3 Å². The van der Waals surface area contributed by atoms with Gasteiger partial charge in [-0.25, -0.2) is 4.98 Å². The number of aromatic amines is 1. The highest BCUT2D eigenvalue weighted by Gasteiger charge is 2.11. The average molecular weight is 304 g/mol. The van der Waals surface area contributed by atoms with Gasteiger partial charge in [0.2, 0.25) is 5.12 Å². The van der Waals surface area contributed by atoms with Crippen LogP contribution in [0.4, 0.5) is 0 Å². The predicted octanol–water partition coefficient (Wildman–Crippen LogP) is 4.65. The van der Waals surface area contributed by atoms with Gasteiger partial charge in [0, 0.05) is 5.56 Å². The van der Waals surface area contributed by atoms with E-state index in [2.05, 4.69) is 28.2 Å². The normalized spacial score (nSPS) is 11.1. The standard InChI is InChI=1S/C18H12N2OS/c21-17(12-6-2-1-3-7-12)22-18-19-15-10-13-8-4-5-9-14(13)11-16(15)20-18/h1-11H,(H,19,20). The minimum Gasteiger partial charge on any atom is -0.333 e. The number of imidazole rings is 1. The van der Waals surface area contributed by atoms with E-state index in [1.165, 1.54) is 0 Å². The number of thioether (sulfide) groups is 1. The van der Waals surface area contributed by atoms with Gasteiger partial charge in [-0.3, -0.25) is 4.79 Å². The van der Waals surface area contributed by atoms with Crippen LogP contribution in [0.25, 0.3) is 21.8 Å². The summed E-state index contributed by atoms with van der Waals surface area (Å²) in [6.07, 6.45) is 0. The van der Waals surface area contributed by atoms with Crippen LogP contribution in [0.3, 0.4) is 0 Å². The molecule has 0 bridgehead atoms. The highest BCUT2D eigenvalue weighted by atomic mass is 32.2. The molecule has 4 rings (SSSR count). The molecule has 0 radical (unpaired) electrons. The molecule has 0 aliphatic rings. The van der Waals surface area contributed by atoms with E-state index in [9.17, 15) is 4.79 Å². The fourth-order valence-electron chi connectivity index (χ4n) is 2.44. The van der Waals surface area contributed by atoms with Crippen LogP contribution in [0, 0.1) is 0 Å². The summed E-state index contributed by atoms with van der Waals surface area (Å²) in [5.74, 6) is 0. The number of carbonyl (C=O) groups excluding carboxylic acids is 1. The monoisotopic (exact) mass is 304 g/mol. The molecule has 106 valence electrons. The summed E-state index contributed by atoms with van der Waals surface area (Å²) >= 11 is 1.12. The molecule has 4 heteroatoms. The van der Waals surface area contributed by atoms with Crippen LogP contribution >= 0.6 is 11.8 Å². The van der Waals surface area contributed by atoms with Crippen molar-refractivity contribution < 1.29 is 4.79 Å². The van der Waals surface area contributed by atoms with E-state index in [0.717, 1.165) is 33.6 Å². The summed E-state index contributed by atoms with van der Waals surface area (Å²) in [4.78, 5) is 20.0. The maximum Gasteiger partial charge on any atom is 0.227 e. The third kappa shape index (κ3) is 2.38. The van der Waals surface area contributed by atoms with Crippen LogP contribution in [-0.4, -0.2) is 15.1 Å². The molecule has 0 atom stereocenters. The molecular formula is C18H12N2OS. The lowest BCUT2D eigenvalue weighted by atomic mass is 10.1. The lowest BCUT2D eigenvalue weighted by molar-refractivity contribution is 0.108. The molecular weight excluding hydrogens is 292 g/mol. The highest BCUT2D eigenvalue weighted by molar-refractivity contribution is 8.14. The Kier molecular flexibility index (Phi) is 3.16. The highest BCUT2D eigenvalue weighted by Crippen LogP contribution is 2.26. The zero-order valence-electron chi connectivity index (χ0n) is 11.6. The first kappa shape index (κ1) is 13.1. The fourth-order valence-corrected chi connectivity index (χ4v) is 3.18. The van der Waals surface area contributed by atoms with Gasteiger partial charge < -0.3 is 4.98 Å². The van der Waals surface area contributed by atoms with Gasteiger partial charge in [0.1, 0.15) is 0 Å². The van der Waals surface area contributed by atoms with Crippen molar-refractivity contribution in [1.82, 2.24) is 9.97 Å². The van der Waals surface area contributed by atoms with Crippen LogP contribution < -0.4 is 0 Å². The second kappa shape index (κ2) is 5.31. The van der Waals surface area contributed by atoms with Crippen LogP contribution in [0.2, 0.25) is 0 Å². The number of nitrogens with one attached hydrogen (secondary N) is 1. The Labute approximate surface area is 131 Å². The zero-order valence-corrected chi connectivity index (χ0v) is 12.4. The van der Waals surface area contributed by atoms with Crippen molar-refractivity contribution >= 4 is 38.7 Å². The van der Waals surface area contributed by atoms with Gasteiger partial charge in [-0.05, 0) is 34.7 Å². The number of nitrogens with zero attached hydrogens (tertiary/aromatic N) is 1. The van der Waals surface area contributed by atoms with Crippen LogP contribution in [0.5, 0.6) is 0 Å². The molecule has 0 fully saturated rings. The number of aromatic nitrogens is 2. The van der Waals surface area contributed by atoms with Crippen molar-refractivity contribution in [2.75, 3.05) is 0 Å². The van der Waals surface area contributed by atoms with E-state index in [0.29, 0.717) is 10.7 Å².